The fourth-order valence-corrected chi connectivity index (χ4v) is 3.72. The summed E-state index contributed by atoms with van der Waals surface area (Å²) in [5.74, 6) is 1.70. The number of aryl methyl sites for hydroxylation is 1. The molecule has 1 aromatic heterocycles. The Bertz CT molecular complexity index is 439. The zero-order chi connectivity index (χ0) is 14.7. The van der Waals surface area contributed by atoms with Gasteiger partial charge in [0, 0.05) is 38.6 Å². The van der Waals surface area contributed by atoms with E-state index in [0.29, 0.717) is 18.6 Å². The molecule has 1 N–H and O–H groups in total. The molecule has 0 aromatic carbocycles. The minimum Gasteiger partial charge on any atom is -0.396 e. The Kier molecular flexibility index (Phi) is 4.93. The standard InChI is InChI=1S/C16H28N4O/c1-18-10-6-17-16(18)12-19-7-2-3-15(11-19)20-8-4-14(13-21)5-9-20/h6,10,14-15,21H,2-5,7-9,11-13H2,1H3/t15-/m1/s1. The van der Waals surface area contributed by atoms with Crippen LogP contribution in [0.3, 0.4) is 0 Å². The highest BCUT2D eigenvalue weighted by Gasteiger charge is 2.28. The van der Waals surface area contributed by atoms with E-state index in [-0.39, 0.29) is 0 Å². The van der Waals surface area contributed by atoms with Crippen molar-refractivity contribution in [1.82, 2.24) is 19.4 Å². The minimum atomic E-state index is 0.365. The molecule has 2 saturated heterocycles. The van der Waals surface area contributed by atoms with Crippen molar-refractivity contribution in [3.63, 3.8) is 0 Å². The topological polar surface area (TPSA) is 44.5 Å². The summed E-state index contributed by atoms with van der Waals surface area (Å²) in [6.07, 6.45) is 8.83. The molecule has 3 rings (SSSR count). The molecular weight excluding hydrogens is 264 g/mol. The molecule has 5 heteroatoms. The number of aromatic nitrogens is 2. The lowest BCUT2D eigenvalue weighted by Crippen LogP contribution is -2.50. The van der Waals surface area contributed by atoms with Gasteiger partial charge in [-0.15, -0.1) is 0 Å². The molecule has 0 amide bonds. The molecule has 0 aliphatic carbocycles. The molecular formula is C16H28N4O. The van der Waals surface area contributed by atoms with E-state index in [1.165, 1.54) is 19.4 Å². The summed E-state index contributed by atoms with van der Waals surface area (Å²) in [7, 11) is 2.07. The van der Waals surface area contributed by atoms with Gasteiger partial charge in [-0.1, -0.05) is 0 Å². The molecule has 0 spiro atoms. The van der Waals surface area contributed by atoms with Crippen LogP contribution < -0.4 is 0 Å². The molecule has 0 unspecified atom stereocenters. The van der Waals surface area contributed by atoms with Gasteiger partial charge >= 0.3 is 0 Å². The van der Waals surface area contributed by atoms with Crippen LogP contribution in [-0.2, 0) is 13.6 Å². The largest absolute Gasteiger partial charge is 0.396 e. The first kappa shape index (κ1) is 15.0. The number of hydrogen-bond donors (Lipinski definition) is 1. The smallest absolute Gasteiger partial charge is 0.122 e. The highest BCUT2D eigenvalue weighted by atomic mass is 16.3. The van der Waals surface area contributed by atoms with Crippen molar-refractivity contribution in [2.24, 2.45) is 13.0 Å². The van der Waals surface area contributed by atoms with Crippen LogP contribution in [0.25, 0.3) is 0 Å². The van der Waals surface area contributed by atoms with Gasteiger partial charge in [-0.05, 0) is 51.2 Å². The summed E-state index contributed by atoms with van der Waals surface area (Å²) in [4.78, 5) is 9.65. The quantitative estimate of drug-likeness (QED) is 0.902. The summed E-state index contributed by atoms with van der Waals surface area (Å²) >= 11 is 0. The Hall–Kier alpha value is -0.910. The van der Waals surface area contributed by atoms with E-state index in [9.17, 15) is 5.11 Å². The van der Waals surface area contributed by atoms with Gasteiger partial charge in [0.25, 0.3) is 0 Å². The monoisotopic (exact) mass is 292 g/mol. The summed E-state index contributed by atoms with van der Waals surface area (Å²) in [5, 5.41) is 9.26. The molecule has 3 heterocycles. The third-order valence-electron chi connectivity index (χ3n) is 5.19. The highest BCUT2D eigenvalue weighted by Crippen LogP contribution is 2.23. The molecule has 1 aromatic rings. The second kappa shape index (κ2) is 6.90. The van der Waals surface area contributed by atoms with Crippen molar-refractivity contribution in [3.05, 3.63) is 18.2 Å². The molecule has 118 valence electrons. The van der Waals surface area contributed by atoms with Crippen molar-refractivity contribution in [2.75, 3.05) is 32.8 Å². The Morgan fingerprint density at radius 2 is 2.05 bits per heavy atom. The number of likely N-dealkylation sites (tertiary alicyclic amines) is 2. The zero-order valence-electron chi connectivity index (χ0n) is 13.1. The fourth-order valence-electron chi connectivity index (χ4n) is 3.72. The Labute approximate surface area is 127 Å². The van der Waals surface area contributed by atoms with Gasteiger partial charge in [0.2, 0.25) is 0 Å². The van der Waals surface area contributed by atoms with Gasteiger partial charge in [-0.2, -0.15) is 0 Å². The second-order valence-corrected chi connectivity index (χ2v) is 6.65. The van der Waals surface area contributed by atoms with Gasteiger partial charge in [0.15, 0.2) is 0 Å². The van der Waals surface area contributed by atoms with E-state index in [2.05, 4.69) is 26.4 Å². The maximum absolute atomic E-state index is 9.26. The predicted octanol–water partition coefficient (Wildman–Crippen LogP) is 1.09. The van der Waals surface area contributed by atoms with Gasteiger partial charge in [-0.25, -0.2) is 4.98 Å². The first-order chi connectivity index (χ1) is 10.3. The maximum atomic E-state index is 9.26. The zero-order valence-corrected chi connectivity index (χ0v) is 13.1. The molecule has 0 radical (unpaired) electrons. The average Bonchev–Trinajstić information content (AvgIpc) is 2.93. The van der Waals surface area contributed by atoms with Crippen LogP contribution in [0, 0.1) is 5.92 Å². The fraction of sp³-hybridized carbons (Fsp3) is 0.812. The van der Waals surface area contributed by atoms with Gasteiger partial charge in [0.05, 0.1) is 6.54 Å². The first-order valence-corrected chi connectivity index (χ1v) is 8.29. The van der Waals surface area contributed by atoms with Crippen molar-refractivity contribution in [1.29, 1.82) is 0 Å². The van der Waals surface area contributed by atoms with Gasteiger partial charge in [0.1, 0.15) is 5.82 Å². The molecule has 1 atom stereocenters. The average molecular weight is 292 g/mol. The maximum Gasteiger partial charge on any atom is 0.122 e. The number of aliphatic hydroxyl groups is 1. The minimum absolute atomic E-state index is 0.365. The Balaban J connectivity index is 1.52. The van der Waals surface area contributed by atoms with Crippen molar-refractivity contribution in [2.45, 2.75) is 38.3 Å². The molecule has 2 aliphatic rings. The number of piperidine rings is 2. The van der Waals surface area contributed by atoms with Crippen molar-refractivity contribution >= 4 is 0 Å². The summed E-state index contributed by atoms with van der Waals surface area (Å²) in [6.45, 7) is 6.00. The third-order valence-corrected chi connectivity index (χ3v) is 5.19. The lowest BCUT2D eigenvalue weighted by atomic mass is 9.94. The lowest BCUT2D eigenvalue weighted by Gasteiger charge is -2.42. The normalized spacial score (nSPS) is 26.3. The SMILES string of the molecule is Cn1ccnc1CN1CCC[C@@H](N2CCC(CO)CC2)C1. The number of aliphatic hydroxyl groups excluding tert-OH is 1. The molecule has 0 saturated carbocycles. The van der Waals surface area contributed by atoms with Crippen molar-refractivity contribution in [3.8, 4) is 0 Å². The molecule has 0 bridgehead atoms. The number of imidazole rings is 1. The Morgan fingerprint density at radius 1 is 1.24 bits per heavy atom. The number of hydrogen-bond acceptors (Lipinski definition) is 4. The van der Waals surface area contributed by atoms with Crippen LogP contribution >= 0.6 is 0 Å². The van der Waals surface area contributed by atoms with Crippen LogP contribution in [-0.4, -0.2) is 63.3 Å². The highest BCUT2D eigenvalue weighted by molar-refractivity contribution is 4.93. The van der Waals surface area contributed by atoms with E-state index in [0.717, 1.165) is 44.8 Å². The lowest BCUT2D eigenvalue weighted by molar-refractivity contribution is 0.0534. The summed E-state index contributed by atoms with van der Waals surface area (Å²) < 4.78 is 2.12. The molecule has 2 fully saturated rings. The van der Waals surface area contributed by atoms with Crippen LogP contribution in [0.5, 0.6) is 0 Å². The van der Waals surface area contributed by atoms with Crippen LogP contribution in [0.2, 0.25) is 0 Å². The van der Waals surface area contributed by atoms with Crippen molar-refractivity contribution < 1.29 is 5.11 Å². The van der Waals surface area contributed by atoms with E-state index < -0.39 is 0 Å². The molecule has 5 nitrogen and oxygen atoms in total. The van der Waals surface area contributed by atoms with Crippen LogP contribution in [0.1, 0.15) is 31.5 Å². The predicted molar refractivity (Wildman–Crippen MR) is 82.9 cm³/mol. The molecule has 2 aliphatic heterocycles. The van der Waals surface area contributed by atoms with Crippen LogP contribution in [0.4, 0.5) is 0 Å². The first-order valence-electron chi connectivity index (χ1n) is 8.29. The Morgan fingerprint density at radius 3 is 2.71 bits per heavy atom. The van der Waals surface area contributed by atoms with E-state index in [4.69, 9.17) is 0 Å². The van der Waals surface area contributed by atoms with E-state index >= 15 is 0 Å². The van der Waals surface area contributed by atoms with Gasteiger partial charge in [-0.3, -0.25) is 9.80 Å². The van der Waals surface area contributed by atoms with E-state index in [1.807, 2.05) is 12.4 Å². The van der Waals surface area contributed by atoms with Crippen LogP contribution in [0.15, 0.2) is 12.4 Å². The summed E-state index contributed by atoms with van der Waals surface area (Å²) in [5.41, 5.74) is 0. The number of nitrogens with zero attached hydrogens (tertiary/aromatic N) is 4. The van der Waals surface area contributed by atoms with Gasteiger partial charge < -0.3 is 9.67 Å². The third kappa shape index (κ3) is 3.65. The second-order valence-electron chi connectivity index (χ2n) is 6.65. The molecule has 21 heavy (non-hydrogen) atoms. The van der Waals surface area contributed by atoms with E-state index in [1.54, 1.807) is 0 Å². The number of rotatable bonds is 4. The summed E-state index contributed by atoms with van der Waals surface area (Å²) in [6, 6.07) is 0.693.